The maximum Gasteiger partial charge on any atom is 0.193 e. The first-order valence-electron chi connectivity index (χ1n) is 8.12. The normalized spacial score (nSPS) is 16.1. The molecule has 1 aliphatic heterocycles. The molecule has 23 heavy (non-hydrogen) atoms. The van der Waals surface area contributed by atoms with Gasteiger partial charge in [-0.25, -0.2) is 0 Å². The summed E-state index contributed by atoms with van der Waals surface area (Å²) in [7, 11) is 0. The van der Waals surface area contributed by atoms with Gasteiger partial charge in [0.2, 0.25) is 0 Å². The van der Waals surface area contributed by atoms with E-state index in [0.29, 0.717) is 19.8 Å². The van der Waals surface area contributed by atoms with Crippen molar-refractivity contribution < 1.29 is 9.84 Å². The number of nitrogens with one attached hydrogen (secondary N) is 1. The Bertz CT molecular complexity index is 448. The summed E-state index contributed by atoms with van der Waals surface area (Å²) in [5.41, 5.74) is 1.18. The summed E-state index contributed by atoms with van der Waals surface area (Å²) in [5, 5.41) is 12.9. The average Bonchev–Trinajstić information content (AvgIpc) is 2.55. The summed E-state index contributed by atoms with van der Waals surface area (Å²) >= 11 is 0. The lowest BCUT2D eigenvalue weighted by molar-refractivity contribution is 0.107. The Morgan fingerprint density at radius 2 is 2.00 bits per heavy atom. The molecule has 2 rings (SSSR count). The number of guanidine groups is 1. The van der Waals surface area contributed by atoms with Crippen molar-refractivity contribution >= 4 is 29.9 Å². The smallest absolute Gasteiger partial charge is 0.193 e. The molecule has 6 heteroatoms. The molecule has 1 saturated heterocycles. The number of aliphatic imine (C=N–C) groups is 1. The number of aliphatic hydroxyl groups excluding tert-OH is 1. The number of nitrogens with zero attached hydrogens (tertiary/aromatic N) is 2. The summed E-state index contributed by atoms with van der Waals surface area (Å²) < 4.78 is 5.66. The first-order chi connectivity index (χ1) is 10.8. The highest BCUT2D eigenvalue weighted by atomic mass is 127. The van der Waals surface area contributed by atoms with Crippen molar-refractivity contribution in [2.24, 2.45) is 4.99 Å². The molecule has 1 aliphatic rings. The molecular weight excluding hydrogens is 405 g/mol. The van der Waals surface area contributed by atoms with E-state index >= 15 is 0 Å². The van der Waals surface area contributed by atoms with Crippen LogP contribution in [-0.4, -0.2) is 54.9 Å². The van der Waals surface area contributed by atoms with Gasteiger partial charge in [-0.3, -0.25) is 4.99 Å². The SMILES string of the molecule is CCNC(=NCCOCc1ccccc1)N1CCC(O)CC1.I. The molecule has 0 amide bonds. The lowest BCUT2D eigenvalue weighted by Gasteiger charge is -2.32. The summed E-state index contributed by atoms with van der Waals surface area (Å²) in [4.78, 5) is 6.83. The van der Waals surface area contributed by atoms with E-state index in [1.54, 1.807) is 0 Å². The van der Waals surface area contributed by atoms with Gasteiger partial charge in [-0.15, -0.1) is 24.0 Å². The second kappa shape index (κ2) is 11.6. The monoisotopic (exact) mass is 433 g/mol. The average molecular weight is 433 g/mol. The molecule has 0 saturated carbocycles. The Balaban J connectivity index is 0.00000264. The van der Waals surface area contributed by atoms with E-state index in [1.807, 2.05) is 18.2 Å². The predicted molar refractivity (Wildman–Crippen MR) is 104 cm³/mol. The Morgan fingerprint density at radius 3 is 2.65 bits per heavy atom. The number of ether oxygens (including phenoxy) is 1. The zero-order chi connectivity index (χ0) is 15.6. The van der Waals surface area contributed by atoms with E-state index < -0.39 is 0 Å². The van der Waals surface area contributed by atoms with Crippen molar-refractivity contribution in [2.75, 3.05) is 32.8 Å². The van der Waals surface area contributed by atoms with Gasteiger partial charge < -0.3 is 20.1 Å². The van der Waals surface area contributed by atoms with Crippen LogP contribution in [0.4, 0.5) is 0 Å². The first-order valence-corrected chi connectivity index (χ1v) is 8.12. The van der Waals surface area contributed by atoms with Crippen LogP contribution >= 0.6 is 24.0 Å². The van der Waals surface area contributed by atoms with Gasteiger partial charge in [-0.2, -0.15) is 0 Å². The molecule has 1 fully saturated rings. The zero-order valence-corrected chi connectivity index (χ0v) is 16.1. The number of aliphatic hydroxyl groups is 1. The molecule has 130 valence electrons. The van der Waals surface area contributed by atoms with Gasteiger partial charge in [-0.1, -0.05) is 30.3 Å². The topological polar surface area (TPSA) is 57.1 Å². The van der Waals surface area contributed by atoms with Gasteiger partial charge in [-0.05, 0) is 25.3 Å². The molecular formula is C17H28IN3O2. The standard InChI is InChI=1S/C17H27N3O2.HI/c1-2-18-17(20-11-8-16(21)9-12-20)19-10-13-22-14-15-6-4-3-5-7-15;/h3-7,16,21H,2,8-14H2,1H3,(H,18,19);1H. The summed E-state index contributed by atoms with van der Waals surface area (Å²) in [6, 6.07) is 10.2. The summed E-state index contributed by atoms with van der Waals surface area (Å²) in [6.07, 6.45) is 1.47. The van der Waals surface area contributed by atoms with Crippen LogP contribution in [0.2, 0.25) is 0 Å². The molecule has 0 aliphatic carbocycles. The quantitative estimate of drug-likeness (QED) is 0.313. The number of hydrogen-bond acceptors (Lipinski definition) is 3. The van der Waals surface area contributed by atoms with E-state index in [1.165, 1.54) is 5.56 Å². The molecule has 1 heterocycles. The Morgan fingerprint density at radius 1 is 1.30 bits per heavy atom. The molecule has 0 bridgehead atoms. The summed E-state index contributed by atoms with van der Waals surface area (Å²) in [5.74, 6) is 0.928. The maximum absolute atomic E-state index is 9.59. The third-order valence-corrected chi connectivity index (χ3v) is 3.71. The number of likely N-dealkylation sites (tertiary alicyclic amines) is 1. The highest BCUT2D eigenvalue weighted by molar-refractivity contribution is 14.0. The number of hydrogen-bond donors (Lipinski definition) is 2. The number of halogens is 1. The van der Waals surface area contributed by atoms with Crippen LogP contribution in [0.15, 0.2) is 35.3 Å². The zero-order valence-electron chi connectivity index (χ0n) is 13.8. The molecule has 5 nitrogen and oxygen atoms in total. The van der Waals surface area contributed by atoms with Crippen LogP contribution in [0.5, 0.6) is 0 Å². The van der Waals surface area contributed by atoms with Crippen molar-refractivity contribution in [1.82, 2.24) is 10.2 Å². The largest absolute Gasteiger partial charge is 0.393 e. The van der Waals surface area contributed by atoms with E-state index in [0.717, 1.165) is 38.4 Å². The van der Waals surface area contributed by atoms with Gasteiger partial charge in [0.25, 0.3) is 0 Å². The minimum Gasteiger partial charge on any atom is -0.393 e. The van der Waals surface area contributed by atoms with E-state index in [2.05, 4.69) is 34.3 Å². The van der Waals surface area contributed by atoms with Gasteiger partial charge in [0.05, 0.1) is 25.9 Å². The van der Waals surface area contributed by atoms with Gasteiger partial charge in [0.15, 0.2) is 5.96 Å². The lowest BCUT2D eigenvalue weighted by atomic mass is 10.1. The van der Waals surface area contributed by atoms with Gasteiger partial charge >= 0.3 is 0 Å². The molecule has 0 spiro atoms. The van der Waals surface area contributed by atoms with Gasteiger partial charge in [0, 0.05) is 19.6 Å². The van der Waals surface area contributed by atoms with E-state index in [9.17, 15) is 5.11 Å². The summed E-state index contributed by atoms with van der Waals surface area (Å²) in [6.45, 7) is 6.52. The fourth-order valence-corrected chi connectivity index (χ4v) is 2.48. The molecule has 1 aromatic carbocycles. The van der Waals surface area contributed by atoms with Crippen LogP contribution in [0.25, 0.3) is 0 Å². The molecule has 0 radical (unpaired) electrons. The van der Waals surface area contributed by atoms with Crippen LogP contribution in [0.3, 0.4) is 0 Å². The molecule has 0 unspecified atom stereocenters. The maximum atomic E-state index is 9.59. The second-order valence-corrected chi connectivity index (χ2v) is 5.49. The van der Waals surface area contributed by atoms with Crippen LogP contribution < -0.4 is 5.32 Å². The minimum atomic E-state index is -0.159. The minimum absolute atomic E-state index is 0. The molecule has 2 N–H and O–H groups in total. The fourth-order valence-electron chi connectivity index (χ4n) is 2.48. The van der Waals surface area contributed by atoms with Crippen LogP contribution in [-0.2, 0) is 11.3 Å². The number of benzene rings is 1. The van der Waals surface area contributed by atoms with Crippen LogP contribution in [0.1, 0.15) is 25.3 Å². The highest BCUT2D eigenvalue weighted by Gasteiger charge is 2.19. The fraction of sp³-hybridized carbons (Fsp3) is 0.588. The third-order valence-electron chi connectivity index (χ3n) is 3.71. The van der Waals surface area contributed by atoms with Gasteiger partial charge in [0.1, 0.15) is 0 Å². The van der Waals surface area contributed by atoms with E-state index in [4.69, 9.17) is 4.74 Å². The number of rotatable bonds is 6. The van der Waals surface area contributed by atoms with E-state index in [-0.39, 0.29) is 30.1 Å². The van der Waals surface area contributed by atoms with Crippen molar-refractivity contribution in [3.8, 4) is 0 Å². The Hall–Kier alpha value is -0.860. The van der Waals surface area contributed by atoms with Crippen molar-refractivity contribution in [3.63, 3.8) is 0 Å². The highest BCUT2D eigenvalue weighted by Crippen LogP contribution is 2.10. The lowest BCUT2D eigenvalue weighted by Crippen LogP contribution is -2.46. The Kier molecular flexibility index (Phi) is 10.2. The first kappa shape index (κ1) is 20.2. The molecule has 1 aromatic rings. The second-order valence-electron chi connectivity index (χ2n) is 5.49. The van der Waals surface area contributed by atoms with Crippen molar-refractivity contribution in [2.45, 2.75) is 32.5 Å². The van der Waals surface area contributed by atoms with Crippen LogP contribution in [0, 0.1) is 0 Å². The molecule has 0 aromatic heterocycles. The van der Waals surface area contributed by atoms with Crippen molar-refractivity contribution in [3.05, 3.63) is 35.9 Å². The van der Waals surface area contributed by atoms with Crippen molar-refractivity contribution in [1.29, 1.82) is 0 Å². The number of piperidine rings is 1. The molecule has 0 atom stereocenters. The Labute approximate surface area is 156 Å². The predicted octanol–water partition coefficient (Wildman–Crippen LogP) is 2.24. The third kappa shape index (κ3) is 7.50.